The zero-order chi connectivity index (χ0) is 13.0. The highest BCUT2D eigenvalue weighted by molar-refractivity contribution is 5.56. The fourth-order valence-corrected chi connectivity index (χ4v) is 5.12. The van der Waals surface area contributed by atoms with Crippen LogP contribution in [0.25, 0.3) is 0 Å². The first kappa shape index (κ1) is 11.2. The topological polar surface area (TPSA) is 75.6 Å². The number of hydrogen-bond donors (Lipinski definition) is 1. The summed E-state index contributed by atoms with van der Waals surface area (Å²) in [5.74, 6) is 3.77. The number of rotatable bonds is 1. The number of anilines is 1. The first-order valence-electron chi connectivity index (χ1n) is 7.27. The van der Waals surface area contributed by atoms with Crippen LogP contribution in [0.2, 0.25) is 0 Å². The molecule has 4 fully saturated rings. The molecule has 4 aliphatic rings. The molecule has 4 heteroatoms. The SMILES string of the molecule is N#Cc1cnnc(C2C3CC4CC(C3)CC2C4)c1N. The zero-order valence-corrected chi connectivity index (χ0v) is 10.9. The van der Waals surface area contributed by atoms with Crippen LogP contribution < -0.4 is 5.73 Å². The van der Waals surface area contributed by atoms with E-state index in [2.05, 4.69) is 16.3 Å². The van der Waals surface area contributed by atoms with Crippen molar-refractivity contribution in [2.45, 2.75) is 38.0 Å². The fourth-order valence-electron chi connectivity index (χ4n) is 5.12. The van der Waals surface area contributed by atoms with E-state index in [1.54, 1.807) is 0 Å². The minimum Gasteiger partial charge on any atom is -0.396 e. The quantitative estimate of drug-likeness (QED) is 0.835. The van der Waals surface area contributed by atoms with E-state index in [1.807, 2.05) is 0 Å². The average molecular weight is 254 g/mol. The van der Waals surface area contributed by atoms with Crippen LogP contribution in [0.1, 0.15) is 49.3 Å². The first-order chi connectivity index (χ1) is 9.26. The van der Waals surface area contributed by atoms with Crippen molar-refractivity contribution in [1.82, 2.24) is 10.2 Å². The molecule has 98 valence electrons. The molecule has 1 heterocycles. The lowest BCUT2D eigenvalue weighted by atomic mass is 9.51. The maximum atomic E-state index is 9.10. The van der Waals surface area contributed by atoms with Gasteiger partial charge in [-0.05, 0) is 55.8 Å². The van der Waals surface area contributed by atoms with E-state index >= 15 is 0 Å². The molecular weight excluding hydrogens is 236 g/mol. The number of nitrogens with two attached hydrogens (primary N) is 1. The minimum atomic E-state index is 0.452. The van der Waals surface area contributed by atoms with Crippen LogP contribution in [0.15, 0.2) is 6.20 Å². The monoisotopic (exact) mass is 254 g/mol. The molecule has 0 radical (unpaired) electrons. The Labute approximate surface area is 113 Å². The van der Waals surface area contributed by atoms with Crippen LogP contribution in [-0.2, 0) is 0 Å². The molecule has 0 unspecified atom stereocenters. The van der Waals surface area contributed by atoms with Gasteiger partial charge in [0.25, 0.3) is 0 Å². The summed E-state index contributed by atoms with van der Waals surface area (Å²) in [4.78, 5) is 0. The second kappa shape index (κ2) is 3.93. The van der Waals surface area contributed by atoms with E-state index in [0.717, 1.165) is 29.4 Å². The van der Waals surface area contributed by atoms with Crippen molar-refractivity contribution in [2.24, 2.45) is 23.7 Å². The van der Waals surface area contributed by atoms with E-state index in [4.69, 9.17) is 11.0 Å². The van der Waals surface area contributed by atoms with Gasteiger partial charge in [0.05, 0.1) is 23.1 Å². The van der Waals surface area contributed by atoms with Crippen LogP contribution in [0.3, 0.4) is 0 Å². The van der Waals surface area contributed by atoms with Gasteiger partial charge in [-0.2, -0.15) is 15.5 Å². The highest BCUT2D eigenvalue weighted by Gasteiger charge is 2.49. The molecule has 1 aromatic heterocycles. The molecule has 4 aliphatic carbocycles. The van der Waals surface area contributed by atoms with Gasteiger partial charge in [0, 0.05) is 5.92 Å². The molecule has 19 heavy (non-hydrogen) atoms. The number of aromatic nitrogens is 2. The van der Waals surface area contributed by atoms with Gasteiger partial charge in [-0.1, -0.05) is 0 Å². The molecular formula is C15H18N4. The molecule has 0 aliphatic heterocycles. The van der Waals surface area contributed by atoms with Gasteiger partial charge in [-0.3, -0.25) is 0 Å². The Bertz CT molecular complexity index is 532. The van der Waals surface area contributed by atoms with Crippen LogP contribution >= 0.6 is 0 Å². The number of hydrogen-bond acceptors (Lipinski definition) is 4. The van der Waals surface area contributed by atoms with Crippen LogP contribution in [-0.4, -0.2) is 10.2 Å². The Balaban J connectivity index is 1.75. The van der Waals surface area contributed by atoms with Crippen molar-refractivity contribution in [1.29, 1.82) is 5.26 Å². The molecule has 0 amide bonds. The summed E-state index contributed by atoms with van der Waals surface area (Å²) in [5, 5.41) is 17.4. The number of nitrogen functional groups attached to an aromatic ring is 1. The maximum Gasteiger partial charge on any atom is 0.103 e. The lowest BCUT2D eigenvalue weighted by Gasteiger charge is -2.54. The highest BCUT2D eigenvalue weighted by Crippen LogP contribution is 2.60. The minimum absolute atomic E-state index is 0.452. The lowest BCUT2D eigenvalue weighted by Crippen LogP contribution is -2.44. The van der Waals surface area contributed by atoms with Crippen molar-refractivity contribution in [3.8, 4) is 6.07 Å². The van der Waals surface area contributed by atoms with Gasteiger partial charge < -0.3 is 5.73 Å². The predicted octanol–water partition coefficient (Wildman–Crippen LogP) is 2.47. The predicted molar refractivity (Wildman–Crippen MR) is 70.9 cm³/mol. The van der Waals surface area contributed by atoms with Gasteiger partial charge in [-0.15, -0.1) is 0 Å². The third kappa shape index (κ3) is 1.57. The molecule has 1 aromatic rings. The molecule has 0 aromatic carbocycles. The second-order valence-corrected chi connectivity index (χ2v) is 6.63. The van der Waals surface area contributed by atoms with E-state index < -0.39 is 0 Å². The lowest BCUT2D eigenvalue weighted by molar-refractivity contribution is -0.00417. The van der Waals surface area contributed by atoms with Gasteiger partial charge in [0.1, 0.15) is 6.07 Å². The van der Waals surface area contributed by atoms with E-state index in [-0.39, 0.29) is 0 Å². The smallest absolute Gasteiger partial charge is 0.103 e. The van der Waals surface area contributed by atoms with Crippen LogP contribution in [0.5, 0.6) is 0 Å². The summed E-state index contributed by atoms with van der Waals surface area (Å²) < 4.78 is 0. The second-order valence-electron chi connectivity index (χ2n) is 6.63. The van der Waals surface area contributed by atoms with Crippen molar-refractivity contribution in [3.63, 3.8) is 0 Å². The van der Waals surface area contributed by atoms with E-state index in [0.29, 0.717) is 17.2 Å². The van der Waals surface area contributed by atoms with Crippen LogP contribution in [0.4, 0.5) is 5.69 Å². The van der Waals surface area contributed by atoms with Crippen molar-refractivity contribution >= 4 is 5.69 Å². The Morgan fingerprint density at radius 1 is 1.11 bits per heavy atom. The van der Waals surface area contributed by atoms with Gasteiger partial charge >= 0.3 is 0 Å². The largest absolute Gasteiger partial charge is 0.396 e. The Kier molecular flexibility index (Phi) is 2.32. The molecule has 4 bridgehead atoms. The molecule has 4 saturated carbocycles. The normalized spacial score (nSPS) is 39.2. The first-order valence-corrected chi connectivity index (χ1v) is 7.27. The van der Waals surface area contributed by atoms with Gasteiger partial charge in [0.15, 0.2) is 0 Å². The summed E-state index contributed by atoms with van der Waals surface area (Å²) in [6.45, 7) is 0. The molecule has 4 nitrogen and oxygen atoms in total. The zero-order valence-electron chi connectivity index (χ0n) is 10.9. The van der Waals surface area contributed by atoms with Crippen molar-refractivity contribution < 1.29 is 0 Å². The molecule has 5 rings (SSSR count). The molecule has 0 saturated heterocycles. The highest BCUT2D eigenvalue weighted by atomic mass is 15.1. The summed E-state index contributed by atoms with van der Waals surface area (Å²) in [7, 11) is 0. The third-order valence-electron chi connectivity index (χ3n) is 5.58. The Hall–Kier alpha value is -1.63. The third-order valence-corrected chi connectivity index (χ3v) is 5.58. The van der Waals surface area contributed by atoms with E-state index in [9.17, 15) is 0 Å². The molecule has 0 spiro atoms. The summed E-state index contributed by atoms with van der Waals surface area (Å²) in [6, 6.07) is 2.13. The summed E-state index contributed by atoms with van der Waals surface area (Å²) in [6.07, 6.45) is 8.24. The molecule has 0 atom stereocenters. The van der Waals surface area contributed by atoms with Gasteiger partial charge in [0.2, 0.25) is 0 Å². The summed E-state index contributed by atoms with van der Waals surface area (Å²) in [5.41, 5.74) is 8.12. The Morgan fingerprint density at radius 2 is 1.74 bits per heavy atom. The summed E-state index contributed by atoms with van der Waals surface area (Å²) >= 11 is 0. The fraction of sp³-hybridized carbons (Fsp3) is 0.667. The number of nitrogens with zero attached hydrogens (tertiary/aromatic N) is 3. The molecule has 2 N–H and O–H groups in total. The van der Waals surface area contributed by atoms with Crippen LogP contribution in [0, 0.1) is 35.0 Å². The van der Waals surface area contributed by atoms with Crippen molar-refractivity contribution in [3.05, 3.63) is 17.5 Å². The van der Waals surface area contributed by atoms with Gasteiger partial charge in [-0.25, -0.2) is 0 Å². The number of nitriles is 1. The standard InChI is InChI=1S/C15H18N4/c16-6-12-7-18-19-15(14(12)17)13-10-2-8-1-9(4-10)5-11(13)3-8/h7-11,13H,1-5H2,(H2,17,18). The Morgan fingerprint density at radius 3 is 2.32 bits per heavy atom. The maximum absolute atomic E-state index is 9.10. The average Bonchev–Trinajstić information content (AvgIpc) is 2.39. The van der Waals surface area contributed by atoms with E-state index in [1.165, 1.54) is 38.3 Å². The van der Waals surface area contributed by atoms with Crippen molar-refractivity contribution in [2.75, 3.05) is 5.73 Å².